The molecule has 2 saturated heterocycles. The van der Waals surface area contributed by atoms with E-state index in [2.05, 4.69) is 22.8 Å². The van der Waals surface area contributed by atoms with Crippen molar-refractivity contribution in [1.29, 1.82) is 0 Å². The molecule has 3 heterocycles. The van der Waals surface area contributed by atoms with Gasteiger partial charge in [0.15, 0.2) is 0 Å². The molecule has 1 aromatic heterocycles. The summed E-state index contributed by atoms with van der Waals surface area (Å²) in [5, 5.41) is 0. The lowest BCUT2D eigenvalue weighted by molar-refractivity contribution is -0.153. The molecule has 0 radical (unpaired) electrons. The Morgan fingerprint density at radius 2 is 2.04 bits per heavy atom. The zero-order valence-corrected chi connectivity index (χ0v) is 14.3. The second kappa shape index (κ2) is 7.03. The van der Waals surface area contributed by atoms with Crippen LogP contribution in [0, 0.1) is 0 Å². The first-order valence-electron chi connectivity index (χ1n) is 8.42. The van der Waals surface area contributed by atoms with E-state index in [-0.39, 0.29) is 24.7 Å². The molecular formula is C17H27N3O3. The highest BCUT2D eigenvalue weighted by molar-refractivity contribution is 5.78. The Bertz CT molecular complexity index is 543. The predicted molar refractivity (Wildman–Crippen MR) is 87.2 cm³/mol. The zero-order valence-electron chi connectivity index (χ0n) is 14.3. The van der Waals surface area contributed by atoms with Gasteiger partial charge in [-0.15, -0.1) is 0 Å². The van der Waals surface area contributed by atoms with Gasteiger partial charge in [0, 0.05) is 32.6 Å². The fourth-order valence-electron chi connectivity index (χ4n) is 3.39. The van der Waals surface area contributed by atoms with E-state index in [1.165, 1.54) is 0 Å². The summed E-state index contributed by atoms with van der Waals surface area (Å²) in [6.45, 7) is 6.45. The van der Waals surface area contributed by atoms with E-state index in [4.69, 9.17) is 9.15 Å². The Morgan fingerprint density at radius 1 is 1.26 bits per heavy atom. The Hall–Kier alpha value is -1.37. The van der Waals surface area contributed by atoms with Crippen LogP contribution in [0.4, 0.5) is 0 Å². The summed E-state index contributed by atoms with van der Waals surface area (Å²) in [5.41, 5.74) is 0. The number of nitrogens with zero attached hydrogens (tertiary/aromatic N) is 3. The summed E-state index contributed by atoms with van der Waals surface area (Å²) in [6, 6.07) is 4.26. The molecule has 0 unspecified atom stereocenters. The van der Waals surface area contributed by atoms with Gasteiger partial charge >= 0.3 is 0 Å². The van der Waals surface area contributed by atoms with Crippen LogP contribution < -0.4 is 0 Å². The summed E-state index contributed by atoms with van der Waals surface area (Å²) >= 11 is 0. The summed E-state index contributed by atoms with van der Waals surface area (Å²) in [4.78, 5) is 18.6. The van der Waals surface area contributed by atoms with Gasteiger partial charge in [0.2, 0.25) is 5.91 Å². The van der Waals surface area contributed by atoms with Gasteiger partial charge in [-0.05, 0) is 26.2 Å². The third-order valence-electron chi connectivity index (χ3n) is 4.69. The second-order valence-electron chi connectivity index (χ2n) is 6.72. The zero-order chi connectivity index (χ0) is 16.4. The average molecular weight is 321 g/mol. The van der Waals surface area contributed by atoms with Crippen molar-refractivity contribution in [2.75, 3.05) is 46.9 Å². The van der Waals surface area contributed by atoms with Crippen LogP contribution in [0.25, 0.3) is 0 Å². The number of likely N-dealkylation sites (tertiary alicyclic amines) is 1. The van der Waals surface area contributed by atoms with Crippen LogP contribution in [-0.4, -0.2) is 79.6 Å². The van der Waals surface area contributed by atoms with Gasteiger partial charge in [-0.25, -0.2) is 0 Å². The molecular weight excluding hydrogens is 294 g/mol. The highest BCUT2D eigenvalue weighted by Crippen LogP contribution is 2.25. The molecule has 2 atom stereocenters. The van der Waals surface area contributed by atoms with Gasteiger partial charge in [0.05, 0.1) is 18.7 Å². The minimum absolute atomic E-state index is 0.112. The van der Waals surface area contributed by atoms with Crippen molar-refractivity contribution in [2.24, 2.45) is 0 Å². The van der Waals surface area contributed by atoms with Crippen LogP contribution >= 0.6 is 0 Å². The Balaban J connectivity index is 1.62. The van der Waals surface area contributed by atoms with Crippen molar-refractivity contribution in [3.8, 4) is 0 Å². The molecule has 2 aliphatic rings. The number of aryl methyl sites for hydroxylation is 1. The first kappa shape index (κ1) is 16.5. The number of likely N-dealkylation sites (N-methyl/N-ethyl adjacent to an activating group) is 1. The molecule has 23 heavy (non-hydrogen) atoms. The van der Waals surface area contributed by atoms with E-state index in [0.29, 0.717) is 0 Å². The van der Waals surface area contributed by atoms with E-state index in [1.807, 2.05) is 25.1 Å². The molecule has 2 aliphatic heterocycles. The molecule has 1 aromatic rings. The van der Waals surface area contributed by atoms with Crippen LogP contribution in [0.1, 0.15) is 18.4 Å². The molecule has 6 heteroatoms. The second-order valence-corrected chi connectivity index (χ2v) is 6.72. The Labute approximate surface area is 138 Å². The highest BCUT2D eigenvalue weighted by atomic mass is 16.5. The molecule has 0 aliphatic carbocycles. The SMILES string of the molecule is CCc1ccc(CN2C[C@@H]3[C@@H](C2)OCC(=O)N3CCN(C)C)o1. The Kier molecular flexibility index (Phi) is 5.04. The van der Waals surface area contributed by atoms with Crippen LogP contribution in [0.15, 0.2) is 16.5 Å². The third-order valence-corrected chi connectivity index (χ3v) is 4.69. The van der Waals surface area contributed by atoms with Gasteiger partial charge in [-0.3, -0.25) is 9.69 Å². The van der Waals surface area contributed by atoms with E-state index >= 15 is 0 Å². The molecule has 0 bridgehead atoms. The number of rotatable bonds is 6. The summed E-state index contributed by atoms with van der Waals surface area (Å²) in [7, 11) is 4.07. The highest BCUT2D eigenvalue weighted by Gasteiger charge is 2.43. The number of furan rings is 1. The number of hydrogen-bond donors (Lipinski definition) is 0. The molecule has 2 fully saturated rings. The lowest BCUT2D eigenvalue weighted by atomic mass is 10.1. The van der Waals surface area contributed by atoms with Gasteiger partial charge in [-0.1, -0.05) is 6.92 Å². The number of ether oxygens (including phenoxy) is 1. The molecule has 3 rings (SSSR count). The summed E-state index contributed by atoms with van der Waals surface area (Å²) in [6.07, 6.45) is 1.04. The topological polar surface area (TPSA) is 49.2 Å². The maximum Gasteiger partial charge on any atom is 0.249 e. The smallest absolute Gasteiger partial charge is 0.249 e. The minimum Gasteiger partial charge on any atom is -0.465 e. The molecule has 0 N–H and O–H groups in total. The van der Waals surface area contributed by atoms with E-state index in [9.17, 15) is 4.79 Å². The maximum atomic E-state index is 12.2. The fraction of sp³-hybridized carbons (Fsp3) is 0.706. The van der Waals surface area contributed by atoms with Crippen LogP contribution in [0.3, 0.4) is 0 Å². The number of carbonyl (C=O) groups is 1. The lowest BCUT2D eigenvalue weighted by Gasteiger charge is -2.37. The molecule has 0 saturated carbocycles. The van der Waals surface area contributed by atoms with Gasteiger partial charge in [0.25, 0.3) is 0 Å². The van der Waals surface area contributed by atoms with Gasteiger partial charge in [0.1, 0.15) is 18.1 Å². The molecule has 6 nitrogen and oxygen atoms in total. The van der Waals surface area contributed by atoms with Crippen molar-refractivity contribution >= 4 is 5.91 Å². The average Bonchev–Trinajstić information content (AvgIpc) is 3.12. The van der Waals surface area contributed by atoms with Crippen molar-refractivity contribution in [3.05, 3.63) is 23.7 Å². The number of morpholine rings is 1. The quantitative estimate of drug-likeness (QED) is 0.776. The number of hydrogen-bond acceptors (Lipinski definition) is 5. The first-order chi connectivity index (χ1) is 11.1. The van der Waals surface area contributed by atoms with Crippen LogP contribution in [0.5, 0.6) is 0 Å². The Morgan fingerprint density at radius 3 is 2.74 bits per heavy atom. The first-order valence-corrected chi connectivity index (χ1v) is 8.42. The third kappa shape index (κ3) is 3.76. The fourth-order valence-corrected chi connectivity index (χ4v) is 3.39. The van der Waals surface area contributed by atoms with Crippen LogP contribution in [0.2, 0.25) is 0 Å². The number of amides is 1. The summed E-state index contributed by atoms with van der Waals surface area (Å²) in [5.74, 6) is 2.13. The van der Waals surface area contributed by atoms with Crippen molar-refractivity contribution < 1.29 is 13.9 Å². The van der Waals surface area contributed by atoms with Gasteiger partial charge < -0.3 is 19.0 Å². The number of carbonyl (C=O) groups excluding carboxylic acids is 1. The molecule has 0 spiro atoms. The summed E-state index contributed by atoms with van der Waals surface area (Å²) < 4.78 is 11.6. The van der Waals surface area contributed by atoms with Gasteiger partial charge in [-0.2, -0.15) is 0 Å². The molecule has 128 valence electrons. The van der Waals surface area contributed by atoms with Crippen LogP contribution in [-0.2, 0) is 22.5 Å². The van der Waals surface area contributed by atoms with Crippen molar-refractivity contribution in [3.63, 3.8) is 0 Å². The van der Waals surface area contributed by atoms with E-state index < -0.39 is 0 Å². The maximum absolute atomic E-state index is 12.2. The standard InChI is InChI=1S/C17H27N3O3/c1-4-13-5-6-14(23-13)9-19-10-15-16(11-19)22-12-17(21)20(15)8-7-18(2)3/h5-6,15-16H,4,7-12H2,1-3H3/t15-,16-/m1/s1. The lowest BCUT2D eigenvalue weighted by Crippen LogP contribution is -2.55. The molecule has 1 amide bonds. The normalized spacial score (nSPS) is 25.4. The van der Waals surface area contributed by atoms with E-state index in [0.717, 1.165) is 50.7 Å². The van der Waals surface area contributed by atoms with Crippen molar-refractivity contribution in [1.82, 2.24) is 14.7 Å². The number of fused-ring (bicyclic) bond motifs is 1. The predicted octanol–water partition coefficient (Wildman–Crippen LogP) is 0.815. The van der Waals surface area contributed by atoms with E-state index in [1.54, 1.807) is 0 Å². The largest absolute Gasteiger partial charge is 0.465 e. The monoisotopic (exact) mass is 321 g/mol. The van der Waals surface area contributed by atoms with Crippen molar-refractivity contribution in [2.45, 2.75) is 32.0 Å². The molecule has 0 aromatic carbocycles. The minimum atomic E-state index is 0.112.